The summed E-state index contributed by atoms with van der Waals surface area (Å²) in [6.07, 6.45) is 24.9. The normalized spacial score (nSPS) is 12.4. The van der Waals surface area contributed by atoms with Gasteiger partial charge in [-0.3, -0.25) is 0 Å². The van der Waals surface area contributed by atoms with Crippen LogP contribution in [0.15, 0.2) is 36.7 Å². The second kappa shape index (κ2) is 22.2. The topological polar surface area (TPSA) is 44.2 Å². The van der Waals surface area contributed by atoms with Crippen molar-refractivity contribution in [3.05, 3.63) is 36.7 Å². The molecule has 0 N–H and O–H groups in total. The molecular weight excluding hydrogens is 613 g/mol. The maximum absolute atomic E-state index is 5.93. The summed E-state index contributed by atoms with van der Waals surface area (Å²) >= 11 is 0. The van der Waals surface area contributed by atoms with Crippen LogP contribution in [-0.2, 0) is 0 Å². The zero-order valence-electron chi connectivity index (χ0n) is 31.5. The Hall–Kier alpha value is -1.45. The highest BCUT2D eigenvalue weighted by Crippen LogP contribution is 2.31. The number of nitrogens with zero attached hydrogens (tertiary/aromatic N) is 2. The number of rotatable bonds is 27. The Morgan fingerprint density at radius 2 is 0.978 bits per heavy atom. The molecule has 1 aromatic carbocycles. The number of hydrogen-bond donors (Lipinski definition) is 0. The van der Waals surface area contributed by atoms with Gasteiger partial charge in [-0.25, -0.2) is 9.97 Å². The Labute approximate surface area is 288 Å². The lowest BCUT2D eigenvalue weighted by Crippen LogP contribution is -2.44. The summed E-state index contributed by atoms with van der Waals surface area (Å²) in [5.41, 5.74) is 5.34. The molecule has 0 aliphatic heterocycles. The molecule has 0 unspecified atom stereocenters. The predicted octanol–water partition coefficient (Wildman–Crippen LogP) is 13.0. The molecule has 0 fully saturated rings. The first-order valence-corrected chi connectivity index (χ1v) is 29.6. The van der Waals surface area contributed by atoms with E-state index < -0.39 is 24.2 Å². The highest BCUT2D eigenvalue weighted by atomic mass is 28.4. The van der Waals surface area contributed by atoms with Crippen molar-refractivity contribution < 1.29 is 9.47 Å². The lowest BCUT2D eigenvalue weighted by molar-refractivity contribution is 0.281. The van der Waals surface area contributed by atoms with Crippen LogP contribution in [0.1, 0.15) is 110 Å². The summed E-state index contributed by atoms with van der Waals surface area (Å²) in [4.78, 5) is 8.89. The minimum absolute atomic E-state index is 0.478. The predicted molar refractivity (Wildman–Crippen MR) is 211 cm³/mol. The summed E-state index contributed by atoms with van der Waals surface area (Å²) in [5.74, 6) is 0.931. The first-order chi connectivity index (χ1) is 21.9. The molecule has 1 aromatic heterocycles. The van der Waals surface area contributed by atoms with Crippen LogP contribution in [0.2, 0.25) is 63.2 Å². The van der Waals surface area contributed by atoms with Gasteiger partial charge in [0.25, 0.3) is 0 Å². The third-order valence-electron chi connectivity index (χ3n) is 9.03. The van der Waals surface area contributed by atoms with E-state index in [9.17, 15) is 0 Å². The van der Waals surface area contributed by atoms with Crippen LogP contribution in [0.3, 0.4) is 0 Å². The maximum atomic E-state index is 5.93. The molecule has 4 nitrogen and oxygen atoms in total. The standard InChI is InChI=1S/C39H72N2O2Si3/c1-9-10-11-12-16-19-22-29-42-38-27-25-36(26-28-38)37-32-40-39(41-33-37)43-30-23-20-17-14-13-15-18-21-24-31-45(5,6)35-46(7,8)34-44(2,3)4/h25-28,32-33H,9-24,29-31,34-35H2,1-8H3. The van der Waals surface area contributed by atoms with Crippen LogP contribution in [0.5, 0.6) is 11.8 Å². The van der Waals surface area contributed by atoms with Gasteiger partial charge in [0, 0.05) is 42.2 Å². The van der Waals surface area contributed by atoms with Crippen molar-refractivity contribution in [2.75, 3.05) is 13.2 Å². The van der Waals surface area contributed by atoms with Crippen LogP contribution < -0.4 is 9.47 Å². The fraction of sp³-hybridized carbons (Fsp3) is 0.744. The third-order valence-corrected chi connectivity index (χ3v) is 26.5. The van der Waals surface area contributed by atoms with Crippen molar-refractivity contribution in [1.82, 2.24) is 9.97 Å². The Balaban J connectivity index is 1.48. The molecule has 1 heterocycles. The second-order valence-corrected chi connectivity index (χ2v) is 33.9. The summed E-state index contributed by atoms with van der Waals surface area (Å²) < 4.78 is 11.8. The Kier molecular flexibility index (Phi) is 19.7. The van der Waals surface area contributed by atoms with Gasteiger partial charge in [0.05, 0.1) is 13.2 Å². The van der Waals surface area contributed by atoms with Gasteiger partial charge in [0.1, 0.15) is 5.75 Å². The summed E-state index contributed by atoms with van der Waals surface area (Å²) in [7, 11) is -2.97. The fourth-order valence-corrected chi connectivity index (χ4v) is 32.9. The largest absolute Gasteiger partial charge is 0.494 e. The molecule has 0 aliphatic carbocycles. The first kappa shape index (κ1) is 40.7. The smallest absolute Gasteiger partial charge is 0.316 e. The van der Waals surface area contributed by atoms with Gasteiger partial charge >= 0.3 is 6.01 Å². The van der Waals surface area contributed by atoms with Gasteiger partial charge < -0.3 is 9.47 Å². The third kappa shape index (κ3) is 20.0. The van der Waals surface area contributed by atoms with E-state index in [1.165, 1.54) is 89.9 Å². The lowest BCUT2D eigenvalue weighted by atomic mass is 10.1. The van der Waals surface area contributed by atoms with E-state index in [1.807, 2.05) is 24.5 Å². The molecule has 0 radical (unpaired) electrons. The lowest BCUT2D eigenvalue weighted by Gasteiger charge is -2.36. The SMILES string of the molecule is CCCCCCCCCOc1ccc(-c2cnc(OCCCCCCCCCCC[Si](C)(C)C[Si](C)(C)C[Si](C)(C)C)nc2)cc1. The minimum Gasteiger partial charge on any atom is -0.494 e. The molecule has 2 rings (SSSR count). The zero-order chi connectivity index (χ0) is 33.7. The number of ether oxygens (including phenoxy) is 2. The van der Waals surface area contributed by atoms with Gasteiger partial charge in [-0.1, -0.05) is 172 Å². The van der Waals surface area contributed by atoms with Crippen molar-refractivity contribution >= 4 is 24.2 Å². The highest BCUT2D eigenvalue weighted by Gasteiger charge is 2.34. The van der Waals surface area contributed by atoms with Gasteiger partial charge in [-0.2, -0.15) is 0 Å². The van der Waals surface area contributed by atoms with E-state index >= 15 is 0 Å². The molecular formula is C39H72N2O2Si3. The van der Waals surface area contributed by atoms with E-state index in [4.69, 9.17) is 9.47 Å². The quantitative estimate of drug-likeness (QED) is 0.0694. The molecule has 0 saturated carbocycles. The molecule has 0 aliphatic rings. The maximum Gasteiger partial charge on any atom is 0.316 e. The van der Waals surface area contributed by atoms with Gasteiger partial charge in [0.15, 0.2) is 0 Å². The average Bonchev–Trinajstić information content (AvgIpc) is 2.98. The molecule has 0 amide bonds. The van der Waals surface area contributed by atoms with Gasteiger partial charge in [0.2, 0.25) is 0 Å². The van der Waals surface area contributed by atoms with Crippen LogP contribution in [0, 0.1) is 0 Å². The van der Waals surface area contributed by atoms with Crippen molar-refractivity contribution in [2.45, 2.75) is 173 Å². The van der Waals surface area contributed by atoms with Crippen molar-refractivity contribution in [1.29, 1.82) is 0 Å². The first-order valence-electron chi connectivity index (χ1n) is 19.1. The summed E-state index contributed by atoms with van der Waals surface area (Å²) in [5, 5.41) is 0. The molecule has 0 bridgehead atoms. The molecule has 262 valence electrons. The Bertz CT molecular complexity index is 1040. The highest BCUT2D eigenvalue weighted by molar-refractivity contribution is 7.02. The van der Waals surface area contributed by atoms with Crippen LogP contribution in [0.25, 0.3) is 11.1 Å². The Morgan fingerprint density at radius 1 is 0.500 bits per heavy atom. The van der Waals surface area contributed by atoms with E-state index in [-0.39, 0.29) is 0 Å². The fourth-order valence-electron chi connectivity index (χ4n) is 7.52. The molecule has 46 heavy (non-hydrogen) atoms. The zero-order valence-corrected chi connectivity index (χ0v) is 34.5. The van der Waals surface area contributed by atoms with Crippen molar-refractivity contribution in [3.8, 4) is 22.9 Å². The summed E-state index contributed by atoms with van der Waals surface area (Å²) in [6, 6.07) is 10.3. The molecule has 0 atom stereocenters. The molecule has 0 spiro atoms. The monoisotopic (exact) mass is 684 g/mol. The molecule has 2 aromatic rings. The van der Waals surface area contributed by atoms with E-state index in [1.54, 1.807) is 17.4 Å². The van der Waals surface area contributed by atoms with Crippen molar-refractivity contribution in [3.63, 3.8) is 0 Å². The second-order valence-electron chi connectivity index (χ2n) is 16.8. The number of hydrogen-bond acceptors (Lipinski definition) is 4. The summed E-state index contributed by atoms with van der Waals surface area (Å²) in [6.45, 7) is 22.1. The van der Waals surface area contributed by atoms with Crippen molar-refractivity contribution in [2.24, 2.45) is 0 Å². The minimum atomic E-state index is -1.03. The number of unbranched alkanes of at least 4 members (excludes halogenated alkanes) is 14. The number of benzene rings is 1. The van der Waals surface area contributed by atoms with E-state index in [0.717, 1.165) is 36.3 Å². The van der Waals surface area contributed by atoms with Gasteiger partial charge in [-0.15, -0.1) is 0 Å². The molecule has 7 heteroatoms. The molecule has 0 saturated heterocycles. The van der Waals surface area contributed by atoms with E-state index in [0.29, 0.717) is 12.6 Å². The number of aromatic nitrogens is 2. The van der Waals surface area contributed by atoms with Crippen LogP contribution >= 0.6 is 0 Å². The van der Waals surface area contributed by atoms with Gasteiger partial charge in [-0.05, 0) is 30.5 Å². The van der Waals surface area contributed by atoms with Crippen LogP contribution in [0.4, 0.5) is 0 Å². The van der Waals surface area contributed by atoms with Crippen LogP contribution in [-0.4, -0.2) is 47.4 Å². The average molecular weight is 685 g/mol. The Morgan fingerprint density at radius 3 is 1.50 bits per heavy atom. The van der Waals surface area contributed by atoms with E-state index in [2.05, 4.69) is 74.9 Å².